The Labute approximate surface area is 123 Å². The van der Waals surface area contributed by atoms with Crippen LogP contribution in [0.5, 0.6) is 0 Å². The largest absolute Gasteiger partial charge is 0.351 e. The van der Waals surface area contributed by atoms with Gasteiger partial charge in [0.2, 0.25) is 0 Å². The smallest absolute Gasteiger partial charge is 0.261 e. The molecule has 0 spiro atoms. The quantitative estimate of drug-likeness (QED) is 0.869. The van der Waals surface area contributed by atoms with Crippen LogP contribution in [0.2, 0.25) is 0 Å². The van der Waals surface area contributed by atoms with Gasteiger partial charge in [-0.25, -0.2) is 8.42 Å². The van der Waals surface area contributed by atoms with Gasteiger partial charge in [0, 0.05) is 22.8 Å². The van der Waals surface area contributed by atoms with E-state index < -0.39 is 9.05 Å². The van der Waals surface area contributed by atoms with Gasteiger partial charge in [0.15, 0.2) is 0 Å². The number of carbonyl (C=O) groups is 1. The molecule has 0 heterocycles. The summed E-state index contributed by atoms with van der Waals surface area (Å²) in [5, 5.41) is 2.92. The Morgan fingerprint density at radius 2 is 2.05 bits per heavy atom. The summed E-state index contributed by atoms with van der Waals surface area (Å²) in [6.45, 7) is 4.51. The molecule has 1 fully saturated rings. The molecule has 0 aromatic heterocycles. The molecule has 6 heteroatoms. The first kappa shape index (κ1) is 15.3. The van der Waals surface area contributed by atoms with E-state index >= 15 is 0 Å². The molecular weight excluding hydrogens is 298 g/mol. The molecule has 1 aliphatic carbocycles. The molecule has 0 atom stereocenters. The summed E-state index contributed by atoms with van der Waals surface area (Å²) in [6, 6.07) is 4.28. The summed E-state index contributed by atoms with van der Waals surface area (Å²) in [4.78, 5) is 12.1. The highest BCUT2D eigenvalue weighted by atomic mass is 35.7. The third kappa shape index (κ3) is 3.33. The van der Waals surface area contributed by atoms with Crippen LogP contribution in [-0.4, -0.2) is 20.9 Å². The number of nitrogens with one attached hydrogen (secondary N) is 1. The lowest BCUT2D eigenvalue weighted by molar-refractivity contribution is 0.0890. The minimum absolute atomic E-state index is 0.0131. The molecule has 0 radical (unpaired) electrons. The molecule has 0 saturated heterocycles. The van der Waals surface area contributed by atoms with E-state index in [4.69, 9.17) is 10.7 Å². The molecule has 20 heavy (non-hydrogen) atoms. The van der Waals surface area contributed by atoms with Gasteiger partial charge in [-0.15, -0.1) is 0 Å². The standard InChI is InChI=1S/C14H18ClNO3S/c1-10-8-11(20(15,18)19)4-5-12(10)13(17)16-9-14(2)6-3-7-14/h4-5,8H,3,6-7,9H2,1-2H3,(H,16,17). The van der Waals surface area contributed by atoms with Crippen LogP contribution in [-0.2, 0) is 9.05 Å². The fourth-order valence-corrected chi connectivity index (χ4v) is 3.22. The number of halogens is 1. The summed E-state index contributed by atoms with van der Waals surface area (Å²) in [5.41, 5.74) is 1.29. The van der Waals surface area contributed by atoms with E-state index in [9.17, 15) is 13.2 Å². The molecule has 0 aliphatic heterocycles. The fraction of sp³-hybridized carbons (Fsp3) is 0.500. The van der Waals surface area contributed by atoms with Gasteiger partial charge >= 0.3 is 0 Å². The molecule has 1 N–H and O–H groups in total. The average Bonchev–Trinajstić information content (AvgIpc) is 2.32. The SMILES string of the molecule is Cc1cc(S(=O)(=O)Cl)ccc1C(=O)NCC1(C)CCC1. The average molecular weight is 316 g/mol. The Kier molecular flexibility index (Phi) is 4.12. The van der Waals surface area contributed by atoms with Crippen LogP contribution in [0.15, 0.2) is 23.1 Å². The van der Waals surface area contributed by atoms with Crippen molar-refractivity contribution in [2.24, 2.45) is 5.41 Å². The molecule has 1 saturated carbocycles. The highest BCUT2D eigenvalue weighted by Gasteiger charge is 2.32. The van der Waals surface area contributed by atoms with Gasteiger partial charge in [-0.2, -0.15) is 0 Å². The highest BCUT2D eigenvalue weighted by Crippen LogP contribution is 2.39. The van der Waals surface area contributed by atoms with Crippen molar-refractivity contribution in [3.05, 3.63) is 29.3 Å². The highest BCUT2D eigenvalue weighted by molar-refractivity contribution is 8.13. The Hall–Kier alpha value is -1.07. The molecular formula is C14H18ClNO3S. The van der Waals surface area contributed by atoms with Crippen molar-refractivity contribution in [2.45, 2.75) is 38.0 Å². The summed E-state index contributed by atoms with van der Waals surface area (Å²) in [6.07, 6.45) is 3.49. The summed E-state index contributed by atoms with van der Waals surface area (Å²) >= 11 is 0. The fourth-order valence-electron chi connectivity index (χ4n) is 2.39. The van der Waals surface area contributed by atoms with Crippen LogP contribution in [0.1, 0.15) is 42.1 Å². The van der Waals surface area contributed by atoms with Gasteiger partial charge in [0.1, 0.15) is 0 Å². The van der Waals surface area contributed by atoms with Crippen molar-refractivity contribution < 1.29 is 13.2 Å². The van der Waals surface area contributed by atoms with Gasteiger partial charge < -0.3 is 5.32 Å². The second-order valence-corrected chi connectivity index (χ2v) is 8.33. The zero-order valence-electron chi connectivity index (χ0n) is 11.6. The van der Waals surface area contributed by atoms with Crippen molar-refractivity contribution in [3.63, 3.8) is 0 Å². The Balaban J connectivity index is 2.10. The third-order valence-electron chi connectivity index (χ3n) is 3.96. The number of hydrogen-bond donors (Lipinski definition) is 1. The predicted molar refractivity (Wildman–Crippen MR) is 78.5 cm³/mol. The van der Waals surface area contributed by atoms with Crippen molar-refractivity contribution >= 4 is 25.6 Å². The first-order valence-electron chi connectivity index (χ1n) is 6.55. The summed E-state index contributed by atoms with van der Waals surface area (Å²) in [7, 11) is 1.52. The molecule has 0 unspecified atom stereocenters. The van der Waals surface area contributed by atoms with Crippen LogP contribution < -0.4 is 5.32 Å². The lowest BCUT2D eigenvalue weighted by Gasteiger charge is -2.38. The van der Waals surface area contributed by atoms with Crippen LogP contribution in [0, 0.1) is 12.3 Å². The molecule has 1 amide bonds. The number of aryl methyl sites for hydroxylation is 1. The van der Waals surface area contributed by atoms with Crippen LogP contribution in [0.25, 0.3) is 0 Å². The van der Waals surface area contributed by atoms with Gasteiger partial charge in [0.05, 0.1) is 4.90 Å². The molecule has 4 nitrogen and oxygen atoms in total. The van der Waals surface area contributed by atoms with E-state index in [0.29, 0.717) is 17.7 Å². The zero-order chi connectivity index (χ0) is 15.0. The maximum atomic E-state index is 12.1. The maximum absolute atomic E-state index is 12.1. The number of amides is 1. The van der Waals surface area contributed by atoms with Gasteiger partial charge in [-0.05, 0) is 48.9 Å². The van der Waals surface area contributed by atoms with Crippen LogP contribution in [0.4, 0.5) is 0 Å². The molecule has 110 valence electrons. The number of carbonyl (C=O) groups excluding carboxylic acids is 1. The zero-order valence-corrected chi connectivity index (χ0v) is 13.1. The lowest BCUT2D eigenvalue weighted by atomic mass is 9.70. The number of benzene rings is 1. The van der Waals surface area contributed by atoms with Crippen molar-refractivity contribution in [2.75, 3.05) is 6.54 Å². The summed E-state index contributed by atoms with van der Waals surface area (Å²) < 4.78 is 22.5. The summed E-state index contributed by atoms with van der Waals surface area (Å²) in [5.74, 6) is -0.172. The van der Waals surface area contributed by atoms with E-state index in [1.807, 2.05) is 0 Å². The van der Waals surface area contributed by atoms with Gasteiger partial charge in [0.25, 0.3) is 15.0 Å². The van der Waals surface area contributed by atoms with Crippen LogP contribution in [0.3, 0.4) is 0 Å². The van der Waals surface area contributed by atoms with Crippen molar-refractivity contribution in [1.29, 1.82) is 0 Å². The monoisotopic (exact) mass is 315 g/mol. The molecule has 1 aromatic carbocycles. The van der Waals surface area contributed by atoms with E-state index in [-0.39, 0.29) is 16.2 Å². The number of rotatable bonds is 4. The molecule has 1 aliphatic rings. The van der Waals surface area contributed by atoms with Crippen molar-refractivity contribution in [3.8, 4) is 0 Å². The van der Waals surface area contributed by atoms with Gasteiger partial charge in [-0.1, -0.05) is 13.3 Å². The minimum atomic E-state index is -3.76. The van der Waals surface area contributed by atoms with Crippen molar-refractivity contribution in [1.82, 2.24) is 5.32 Å². The Morgan fingerprint density at radius 3 is 2.50 bits per heavy atom. The topological polar surface area (TPSA) is 63.2 Å². The second kappa shape index (κ2) is 5.37. The van der Waals surface area contributed by atoms with Crippen LogP contribution >= 0.6 is 10.7 Å². The van der Waals surface area contributed by atoms with E-state index in [0.717, 1.165) is 12.8 Å². The first-order chi connectivity index (χ1) is 9.21. The molecule has 1 aromatic rings. The van der Waals surface area contributed by atoms with E-state index in [2.05, 4.69) is 12.2 Å². The maximum Gasteiger partial charge on any atom is 0.261 e. The van der Waals surface area contributed by atoms with E-state index in [1.165, 1.54) is 24.6 Å². The number of hydrogen-bond acceptors (Lipinski definition) is 3. The Morgan fingerprint density at radius 1 is 1.40 bits per heavy atom. The lowest BCUT2D eigenvalue weighted by Crippen LogP contribution is -2.40. The molecule has 0 bridgehead atoms. The minimum Gasteiger partial charge on any atom is -0.351 e. The molecule has 2 rings (SSSR count). The Bertz CT molecular complexity index is 636. The second-order valence-electron chi connectivity index (χ2n) is 5.76. The third-order valence-corrected chi connectivity index (χ3v) is 5.31. The predicted octanol–water partition coefficient (Wildman–Crippen LogP) is 2.84. The van der Waals surface area contributed by atoms with Gasteiger partial charge in [-0.3, -0.25) is 4.79 Å². The normalized spacial score (nSPS) is 17.4. The van der Waals surface area contributed by atoms with E-state index in [1.54, 1.807) is 6.92 Å². The first-order valence-corrected chi connectivity index (χ1v) is 8.86.